The van der Waals surface area contributed by atoms with Crippen molar-refractivity contribution < 1.29 is 5.11 Å². The SMILES string of the molecule is CCCC[C@H]1C=C[C@H](O)CCC1. The molecule has 0 fully saturated rings. The number of allylic oxidation sites excluding steroid dienone is 1. The van der Waals surface area contributed by atoms with Crippen LogP contribution >= 0.6 is 0 Å². The van der Waals surface area contributed by atoms with Crippen LogP contribution in [0.25, 0.3) is 0 Å². The van der Waals surface area contributed by atoms with E-state index in [9.17, 15) is 5.11 Å². The van der Waals surface area contributed by atoms with E-state index < -0.39 is 0 Å². The molecule has 12 heavy (non-hydrogen) atoms. The van der Waals surface area contributed by atoms with Gasteiger partial charge in [-0.3, -0.25) is 0 Å². The Morgan fingerprint density at radius 1 is 1.33 bits per heavy atom. The summed E-state index contributed by atoms with van der Waals surface area (Å²) in [5, 5.41) is 9.35. The molecule has 0 saturated heterocycles. The van der Waals surface area contributed by atoms with Crippen molar-refractivity contribution in [1.82, 2.24) is 0 Å². The quantitative estimate of drug-likeness (QED) is 0.642. The maximum Gasteiger partial charge on any atom is 0.0721 e. The van der Waals surface area contributed by atoms with Crippen LogP contribution < -0.4 is 0 Å². The second-order valence-corrected chi connectivity index (χ2v) is 3.79. The fraction of sp³-hybridized carbons (Fsp3) is 0.818. The van der Waals surface area contributed by atoms with Crippen LogP contribution in [0.1, 0.15) is 45.4 Å². The van der Waals surface area contributed by atoms with E-state index in [-0.39, 0.29) is 6.10 Å². The van der Waals surface area contributed by atoms with Crippen LogP contribution in [0.4, 0.5) is 0 Å². The van der Waals surface area contributed by atoms with E-state index in [2.05, 4.69) is 13.0 Å². The molecular weight excluding hydrogens is 148 g/mol. The first-order chi connectivity index (χ1) is 5.83. The Bertz CT molecular complexity index is 140. The molecule has 1 N–H and O–H groups in total. The molecule has 1 aliphatic carbocycles. The lowest BCUT2D eigenvalue weighted by atomic mass is 9.97. The first-order valence-corrected chi connectivity index (χ1v) is 5.19. The predicted molar refractivity (Wildman–Crippen MR) is 52.0 cm³/mol. The molecule has 0 aromatic carbocycles. The molecular formula is C11H20O. The molecule has 1 rings (SSSR count). The normalized spacial score (nSPS) is 30.2. The Hall–Kier alpha value is -0.300. The van der Waals surface area contributed by atoms with E-state index >= 15 is 0 Å². The lowest BCUT2D eigenvalue weighted by Crippen LogP contribution is -1.98. The van der Waals surface area contributed by atoms with E-state index in [0.29, 0.717) is 0 Å². The predicted octanol–water partition coefficient (Wildman–Crippen LogP) is 2.89. The van der Waals surface area contributed by atoms with Crippen molar-refractivity contribution >= 4 is 0 Å². The van der Waals surface area contributed by atoms with Gasteiger partial charge in [0.05, 0.1) is 6.10 Å². The average Bonchev–Trinajstić information content (AvgIpc) is 2.27. The summed E-state index contributed by atoms with van der Waals surface area (Å²) in [6.45, 7) is 2.23. The first-order valence-electron chi connectivity index (χ1n) is 5.19. The summed E-state index contributed by atoms with van der Waals surface area (Å²) in [6, 6.07) is 0. The molecule has 1 aliphatic rings. The average molecular weight is 168 g/mol. The standard InChI is InChI=1S/C11H20O/c1-2-3-5-10-6-4-7-11(12)9-8-10/h8-12H,2-7H2,1H3/t10-,11-/m1/s1. The van der Waals surface area contributed by atoms with E-state index in [1.54, 1.807) is 0 Å². The van der Waals surface area contributed by atoms with Crippen molar-refractivity contribution in [3.63, 3.8) is 0 Å². The minimum atomic E-state index is -0.170. The van der Waals surface area contributed by atoms with Crippen LogP contribution in [0.2, 0.25) is 0 Å². The molecule has 70 valence electrons. The van der Waals surface area contributed by atoms with Crippen LogP contribution in [0.3, 0.4) is 0 Å². The van der Waals surface area contributed by atoms with Crippen molar-refractivity contribution in [3.8, 4) is 0 Å². The second kappa shape index (κ2) is 5.36. The summed E-state index contributed by atoms with van der Waals surface area (Å²) in [4.78, 5) is 0. The van der Waals surface area contributed by atoms with Gasteiger partial charge in [0.25, 0.3) is 0 Å². The van der Waals surface area contributed by atoms with Crippen LogP contribution in [0.5, 0.6) is 0 Å². The molecule has 0 bridgehead atoms. The number of unbranched alkanes of at least 4 members (excludes halogenated alkanes) is 1. The number of hydrogen-bond donors (Lipinski definition) is 1. The maximum atomic E-state index is 9.35. The van der Waals surface area contributed by atoms with Crippen LogP contribution in [-0.2, 0) is 0 Å². The van der Waals surface area contributed by atoms with E-state index in [0.717, 1.165) is 12.3 Å². The smallest absolute Gasteiger partial charge is 0.0721 e. The summed E-state index contributed by atoms with van der Waals surface area (Å²) in [6.07, 6.45) is 11.4. The monoisotopic (exact) mass is 168 g/mol. The lowest BCUT2D eigenvalue weighted by Gasteiger charge is -2.08. The summed E-state index contributed by atoms with van der Waals surface area (Å²) in [5.74, 6) is 0.738. The molecule has 0 spiro atoms. The topological polar surface area (TPSA) is 20.2 Å². The summed E-state index contributed by atoms with van der Waals surface area (Å²) in [5.41, 5.74) is 0. The van der Waals surface area contributed by atoms with Crippen molar-refractivity contribution in [1.29, 1.82) is 0 Å². The molecule has 0 heterocycles. The van der Waals surface area contributed by atoms with Crippen molar-refractivity contribution in [2.24, 2.45) is 5.92 Å². The zero-order chi connectivity index (χ0) is 8.81. The van der Waals surface area contributed by atoms with E-state index in [1.807, 2.05) is 6.08 Å². The second-order valence-electron chi connectivity index (χ2n) is 3.79. The molecule has 1 nitrogen and oxygen atoms in total. The zero-order valence-corrected chi connectivity index (χ0v) is 8.00. The summed E-state index contributed by atoms with van der Waals surface area (Å²) < 4.78 is 0. The minimum Gasteiger partial charge on any atom is -0.389 e. The highest BCUT2D eigenvalue weighted by Gasteiger charge is 2.10. The van der Waals surface area contributed by atoms with Gasteiger partial charge in [0.15, 0.2) is 0 Å². The van der Waals surface area contributed by atoms with Crippen LogP contribution in [0.15, 0.2) is 12.2 Å². The Labute approximate surface area is 75.5 Å². The van der Waals surface area contributed by atoms with Gasteiger partial charge in [0.2, 0.25) is 0 Å². The molecule has 0 amide bonds. The van der Waals surface area contributed by atoms with Gasteiger partial charge in [-0.2, -0.15) is 0 Å². The van der Waals surface area contributed by atoms with E-state index in [4.69, 9.17) is 0 Å². The Morgan fingerprint density at radius 2 is 2.17 bits per heavy atom. The Kier molecular flexibility index (Phi) is 4.37. The Morgan fingerprint density at radius 3 is 2.92 bits per heavy atom. The molecule has 0 aromatic rings. The minimum absolute atomic E-state index is 0.170. The molecule has 0 unspecified atom stereocenters. The number of rotatable bonds is 3. The lowest BCUT2D eigenvalue weighted by molar-refractivity contribution is 0.210. The van der Waals surface area contributed by atoms with Gasteiger partial charge in [-0.25, -0.2) is 0 Å². The summed E-state index contributed by atoms with van der Waals surface area (Å²) in [7, 11) is 0. The van der Waals surface area contributed by atoms with Gasteiger partial charge < -0.3 is 5.11 Å². The number of aliphatic hydroxyl groups excluding tert-OH is 1. The third kappa shape index (κ3) is 3.40. The summed E-state index contributed by atoms with van der Waals surface area (Å²) >= 11 is 0. The maximum absolute atomic E-state index is 9.35. The molecule has 0 saturated carbocycles. The van der Waals surface area contributed by atoms with Gasteiger partial charge in [-0.1, -0.05) is 31.9 Å². The fourth-order valence-corrected chi connectivity index (χ4v) is 1.77. The van der Waals surface area contributed by atoms with Crippen molar-refractivity contribution in [2.75, 3.05) is 0 Å². The highest BCUT2D eigenvalue weighted by Crippen LogP contribution is 2.21. The number of hydrogen-bond acceptors (Lipinski definition) is 1. The van der Waals surface area contributed by atoms with Gasteiger partial charge in [-0.15, -0.1) is 0 Å². The first kappa shape index (κ1) is 9.79. The van der Waals surface area contributed by atoms with E-state index in [1.165, 1.54) is 32.1 Å². The largest absolute Gasteiger partial charge is 0.389 e. The molecule has 0 radical (unpaired) electrons. The highest BCUT2D eigenvalue weighted by molar-refractivity contribution is 4.95. The van der Waals surface area contributed by atoms with Crippen molar-refractivity contribution in [2.45, 2.75) is 51.6 Å². The van der Waals surface area contributed by atoms with Gasteiger partial charge in [0.1, 0.15) is 0 Å². The van der Waals surface area contributed by atoms with Gasteiger partial charge in [-0.05, 0) is 31.6 Å². The van der Waals surface area contributed by atoms with Gasteiger partial charge >= 0.3 is 0 Å². The highest BCUT2D eigenvalue weighted by atomic mass is 16.3. The van der Waals surface area contributed by atoms with Crippen LogP contribution in [0, 0.1) is 5.92 Å². The number of aliphatic hydroxyl groups is 1. The fourth-order valence-electron chi connectivity index (χ4n) is 1.77. The van der Waals surface area contributed by atoms with Crippen molar-refractivity contribution in [3.05, 3.63) is 12.2 Å². The molecule has 2 atom stereocenters. The zero-order valence-electron chi connectivity index (χ0n) is 8.00. The van der Waals surface area contributed by atoms with Gasteiger partial charge in [0, 0.05) is 0 Å². The molecule has 0 aliphatic heterocycles. The van der Waals surface area contributed by atoms with Crippen LogP contribution in [-0.4, -0.2) is 11.2 Å². The molecule has 1 heteroatoms. The third-order valence-electron chi connectivity index (χ3n) is 2.61. The Balaban J connectivity index is 2.28. The third-order valence-corrected chi connectivity index (χ3v) is 2.61. The molecule has 0 aromatic heterocycles.